The Morgan fingerprint density at radius 3 is 2.56 bits per heavy atom. The van der Waals surface area contributed by atoms with Crippen LogP contribution in [0.15, 0.2) is 72.9 Å². The molecule has 1 heterocycles. The summed E-state index contributed by atoms with van der Waals surface area (Å²) >= 11 is 0. The fourth-order valence-corrected chi connectivity index (χ4v) is 2.37. The minimum atomic E-state index is -0.471. The van der Waals surface area contributed by atoms with E-state index in [9.17, 15) is 14.9 Å². The highest BCUT2D eigenvalue weighted by Gasteiger charge is 2.08. The lowest BCUT2D eigenvalue weighted by atomic mass is 10.1. The van der Waals surface area contributed by atoms with Crippen LogP contribution in [0.2, 0.25) is 0 Å². The second-order valence-electron chi connectivity index (χ2n) is 5.69. The average molecular weight is 357 g/mol. The largest absolute Gasteiger partial charge is 0.326 e. The molecule has 0 radical (unpaired) electrons. The van der Waals surface area contributed by atoms with Crippen LogP contribution in [0.25, 0.3) is 0 Å². The van der Waals surface area contributed by atoms with E-state index in [2.05, 4.69) is 22.1 Å². The van der Waals surface area contributed by atoms with Gasteiger partial charge in [-0.05, 0) is 41.8 Å². The smallest absolute Gasteiger partial charge is 0.269 e. The number of nitro groups is 1. The summed E-state index contributed by atoms with van der Waals surface area (Å²) in [6.45, 7) is 0. The number of amides is 1. The van der Waals surface area contributed by atoms with Gasteiger partial charge in [0.25, 0.3) is 5.69 Å². The quantitative estimate of drug-likeness (QED) is 0.439. The Balaban J connectivity index is 1.64. The number of non-ortho nitro benzene ring substituents is 1. The maximum absolute atomic E-state index is 12.2. The number of carbonyl (C=O) groups excluding carboxylic acids is 1. The minimum absolute atomic E-state index is 0.00154. The number of nitro benzene ring substituents is 1. The van der Waals surface area contributed by atoms with E-state index >= 15 is 0 Å². The molecule has 1 aromatic heterocycles. The van der Waals surface area contributed by atoms with Gasteiger partial charge in [0.1, 0.15) is 5.69 Å². The van der Waals surface area contributed by atoms with Gasteiger partial charge in [0, 0.05) is 29.6 Å². The number of nitrogens with zero attached hydrogens (tertiary/aromatic N) is 2. The van der Waals surface area contributed by atoms with Crippen LogP contribution in [0.5, 0.6) is 0 Å². The van der Waals surface area contributed by atoms with Gasteiger partial charge in [-0.3, -0.25) is 14.9 Å². The Labute approximate surface area is 156 Å². The molecule has 0 aliphatic heterocycles. The molecule has 3 aromatic rings. The molecule has 1 N–H and O–H groups in total. The summed E-state index contributed by atoms with van der Waals surface area (Å²) in [7, 11) is 0. The van der Waals surface area contributed by atoms with Crippen LogP contribution in [0.4, 0.5) is 11.4 Å². The second kappa shape index (κ2) is 8.41. The third-order valence-electron chi connectivity index (χ3n) is 3.66. The van der Waals surface area contributed by atoms with E-state index in [1.165, 1.54) is 12.1 Å². The molecule has 0 spiro atoms. The van der Waals surface area contributed by atoms with Crippen molar-refractivity contribution >= 4 is 17.3 Å². The fourth-order valence-electron chi connectivity index (χ4n) is 2.37. The van der Waals surface area contributed by atoms with Crippen molar-refractivity contribution in [3.05, 3.63) is 99.9 Å². The van der Waals surface area contributed by atoms with Gasteiger partial charge in [-0.1, -0.05) is 30.2 Å². The first-order valence-corrected chi connectivity index (χ1v) is 8.16. The number of carbonyl (C=O) groups is 1. The van der Waals surface area contributed by atoms with E-state index in [1.54, 1.807) is 30.5 Å². The van der Waals surface area contributed by atoms with Crippen molar-refractivity contribution in [2.45, 2.75) is 6.42 Å². The summed E-state index contributed by atoms with van der Waals surface area (Å²) < 4.78 is 0. The van der Waals surface area contributed by atoms with Crippen LogP contribution in [0.3, 0.4) is 0 Å². The number of hydrogen-bond donors (Lipinski definition) is 1. The zero-order chi connectivity index (χ0) is 19.1. The summed E-state index contributed by atoms with van der Waals surface area (Å²) in [6.07, 6.45) is 1.81. The predicted octanol–water partition coefficient (Wildman–Crippen LogP) is 3.57. The molecule has 27 heavy (non-hydrogen) atoms. The molecule has 0 bridgehead atoms. The molecule has 0 saturated heterocycles. The van der Waals surface area contributed by atoms with Crippen molar-refractivity contribution in [2.24, 2.45) is 0 Å². The normalized spacial score (nSPS) is 9.78. The van der Waals surface area contributed by atoms with Crippen LogP contribution >= 0.6 is 0 Å². The van der Waals surface area contributed by atoms with Crippen LogP contribution in [0.1, 0.15) is 16.8 Å². The molecule has 6 nitrogen and oxygen atoms in total. The van der Waals surface area contributed by atoms with Crippen LogP contribution in [-0.2, 0) is 11.2 Å². The molecule has 0 fully saturated rings. The third kappa shape index (κ3) is 5.25. The molecule has 132 valence electrons. The van der Waals surface area contributed by atoms with Gasteiger partial charge < -0.3 is 5.32 Å². The number of benzene rings is 2. The number of aromatic nitrogens is 1. The van der Waals surface area contributed by atoms with E-state index < -0.39 is 4.92 Å². The van der Waals surface area contributed by atoms with Crippen LogP contribution in [0, 0.1) is 22.0 Å². The first-order valence-electron chi connectivity index (χ1n) is 8.16. The molecule has 0 atom stereocenters. The van der Waals surface area contributed by atoms with Gasteiger partial charge in [-0.15, -0.1) is 0 Å². The van der Waals surface area contributed by atoms with Gasteiger partial charge in [-0.25, -0.2) is 4.98 Å². The molecule has 2 aromatic carbocycles. The highest BCUT2D eigenvalue weighted by molar-refractivity contribution is 5.92. The van der Waals surface area contributed by atoms with E-state index in [4.69, 9.17) is 0 Å². The maximum atomic E-state index is 12.2. The SMILES string of the molecule is O=C(Cc1ccc([N+](=O)[O-])cc1)Nc1cccc(C#Cc2ccccn2)c1. The molecule has 0 aliphatic carbocycles. The Kier molecular flexibility index (Phi) is 5.55. The Bertz CT molecular complexity index is 1020. The van der Waals surface area contributed by atoms with Crippen molar-refractivity contribution in [2.75, 3.05) is 5.32 Å². The van der Waals surface area contributed by atoms with Crippen molar-refractivity contribution in [1.29, 1.82) is 0 Å². The molecule has 0 saturated carbocycles. The number of rotatable bonds is 4. The number of nitrogens with one attached hydrogen (secondary N) is 1. The maximum Gasteiger partial charge on any atom is 0.269 e. The first kappa shape index (κ1) is 17.8. The van der Waals surface area contributed by atoms with E-state index in [1.807, 2.05) is 30.3 Å². The second-order valence-corrected chi connectivity index (χ2v) is 5.69. The van der Waals surface area contributed by atoms with Crippen LogP contribution < -0.4 is 5.32 Å². The van der Waals surface area contributed by atoms with Gasteiger partial charge in [0.2, 0.25) is 5.91 Å². The summed E-state index contributed by atoms with van der Waals surface area (Å²) in [6, 6.07) is 18.7. The molecule has 3 rings (SSSR count). The Morgan fingerprint density at radius 1 is 1.04 bits per heavy atom. The molecule has 6 heteroatoms. The topological polar surface area (TPSA) is 85.1 Å². The number of pyridine rings is 1. The Morgan fingerprint density at radius 2 is 1.85 bits per heavy atom. The zero-order valence-corrected chi connectivity index (χ0v) is 14.3. The van der Waals surface area contributed by atoms with Crippen molar-refractivity contribution < 1.29 is 9.72 Å². The van der Waals surface area contributed by atoms with E-state index in [-0.39, 0.29) is 18.0 Å². The van der Waals surface area contributed by atoms with Crippen molar-refractivity contribution in [3.8, 4) is 11.8 Å². The average Bonchev–Trinajstić information content (AvgIpc) is 2.68. The van der Waals surface area contributed by atoms with Gasteiger partial charge in [-0.2, -0.15) is 0 Å². The van der Waals surface area contributed by atoms with Crippen molar-refractivity contribution in [1.82, 2.24) is 4.98 Å². The number of hydrogen-bond acceptors (Lipinski definition) is 4. The zero-order valence-electron chi connectivity index (χ0n) is 14.3. The monoisotopic (exact) mass is 357 g/mol. The van der Waals surface area contributed by atoms with Gasteiger partial charge in [0.15, 0.2) is 0 Å². The fraction of sp³-hybridized carbons (Fsp3) is 0.0476. The highest BCUT2D eigenvalue weighted by atomic mass is 16.6. The molecule has 1 amide bonds. The standard InChI is InChI=1S/C21H15N3O3/c25-21(15-17-8-11-20(12-9-17)24(26)27)23-19-6-3-4-16(14-19)7-10-18-5-1-2-13-22-18/h1-6,8-9,11-14H,15H2,(H,23,25). The summed E-state index contributed by atoms with van der Waals surface area (Å²) in [5, 5.41) is 13.5. The minimum Gasteiger partial charge on any atom is -0.326 e. The molecular weight excluding hydrogens is 342 g/mol. The third-order valence-corrected chi connectivity index (χ3v) is 3.66. The van der Waals surface area contributed by atoms with Gasteiger partial charge >= 0.3 is 0 Å². The molecule has 0 aliphatic rings. The summed E-state index contributed by atoms with van der Waals surface area (Å²) in [5.74, 6) is 5.77. The lowest BCUT2D eigenvalue weighted by Gasteiger charge is -2.06. The number of anilines is 1. The van der Waals surface area contributed by atoms with E-state index in [0.29, 0.717) is 16.9 Å². The van der Waals surface area contributed by atoms with Crippen LogP contribution in [-0.4, -0.2) is 15.8 Å². The highest BCUT2D eigenvalue weighted by Crippen LogP contribution is 2.14. The Hall–Kier alpha value is -3.98. The predicted molar refractivity (Wildman–Crippen MR) is 102 cm³/mol. The molecular formula is C21H15N3O3. The van der Waals surface area contributed by atoms with Gasteiger partial charge in [0.05, 0.1) is 11.3 Å². The lowest BCUT2D eigenvalue weighted by Crippen LogP contribution is -2.14. The van der Waals surface area contributed by atoms with E-state index in [0.717, 1.165) is 5.56 Å². The first-order chi connectivity index (χ1) is 13.1. The molecule has 0 unspecified atom stereocenters. The summed E-state index contributed by atoms with van der Waals surface area (Å²) in [5.41, 5.74) is 2.76. The van der Waals surface area contributed by atoms with Crippen molar-refractivity contribution in [3.63, 3.8) is 0 Å². The lowest BCUT2D eigenvalue weighted by molar-refractivity contribution is -0.384. The summed E-state index contributed by atoms with van der Waals surface area (Å²) in [4.78, 5) is 26.5.